The normalized spacial score (nSPS) is 15.1. The molecule has 3 nitrogen and oxygen atoms in total. The average Bonchev–Trinajstić information content (AvgIpc) is 2.31. The number of nitrogens with zero attached hydrogens (tertiary/aromatic N) is 1. The molecule has 1 amide bonds. The van der Waals surface area contributed by atoms with E-state index in [1.54, 1.807) is 11.0 Å². The molecule has 0 aliphatic heterocycles. The summed E-state index contributed by atoms with van der Waals surface area (Å²) in [5.41, 5.74) is 0.233. The number of aliphatic hydroxyl groups is 1. The van der Waals surface area contributed by atoms with E-state index in [9.17, 15) is 9.18 Å². The Bertz CT molecular complexity index is 443. The highest BCUT2D eigenvalue weighted by molar-refractivity contribution is 6.31. The second kappa shape index (κ2) is 6.35. The van der Waals surface area contributed by atoms with Gasteiger partial charge in [-0.1, -0.05) is 17.7 Å². The van der Waals surface area contributed by atoms with Crippen LogP contribution in [-0.4, -0.2) is 35.1 Å². The molecule has 0 heterocycles. The Labute approximate surface area is 117 Å². The van der Waals surface area contributed by atoms with Crippen molar-refractivity contribution in [1.82, 2.24) is 4.90 Å². The van der Waals surface area contributed by atoms with Crippen molar-refractivity contribution in [2.24, 2.45) is 0 Å². The molecule has 1 saturated carbocycles. The number of carbonyl (C=O) groups is 1. The number of amides is 1. The van der Waals surface area contributed by atoms with Crippen LogP contribution in [0.2, 0.25) is 5.02 Å². The molecule has 1 aromatic carbocycles. The molecule has 0 radical (unpaired) electrons. The van der Waals surface area contributed by atoms with Gasteiger partial charge in [0.2, 0.25) is 5.91 Å². The lowest BCUT2D eigenvalue weighted by molar-refractivity contribution is -0.135. The molecular weight excluding hydrogens is 269 g/mol. The fourth-order valence-electron chi connectivity index (χ4n) is 2.27. The van der Waals surface area contributed by atoms with Crippen LogP contribution in [0.15, 0.2) is 18.2 Å². The van der Waals surface area contributed by atoms with Gasteiger partial charge in [-0.2, -0.15) is 0 Å². The molecule has 1 aliphatic rings. The summed E-state index contributed by atoms with van der Waals surface area (Å²) in [4.78, 5) is 13.9. The van der Waals surface area contributed by atoms with Crippen molar-refractivity contribution >= 4 is 17.5 Å². The first kappa shape index (κ1) is 14.3. The van der Waals surface area contributed by atoms with Gasteiger partial charge in [-0.15, -0.1) is 0 Å². The molecule has 0 saturated heterocycles. The zero-order valence-corrected chi connectivity index (χ0v) is 11.4. The van der Waals surface area contributed by atoms with Crippen molar-refractivity contribution in [3.05, 3.63) is 34.6 Å². The molecule has 1 aliphatic carbocycles. The highest BCUT2D eigenvalue weighted by atomic mass is 35.5. The van der Waals surface area contributed by atoms with Crippen LogP contribution in [0.4, 0.5) is 4.39 Å². The fourth-order valence-corrected chi connectivity index (χ4v) is 2.50. The van der Waals surface area contributed by atoms with Crippen molar-refractivity contribution in [1.29, 1.82) is 0 Å². The highest BCUT2D eigenvalue weighted by Gasteiger charge is 2.28. The summed E-state index contributed by atoms with van der Waals surface area (Å²) in [5.74, 6) is -0.635. The van der Waals surface area contributed by atoms with Gasteiger partial charge >= 0.3 is 0 Å². The van der Waals surface area contributed by atoms with Gasteiger partial charge < -0.3 is 10.0 Å². The number of carbonyl (C=O) groups excluding carboxylic acids is 1. The summed E-state index contributed by atoms with van der Waals surface area (Å²) in [6.45, 7) is 0.225. The van der Waals surface area contributed by atoms with Crippen molar-refractivity contribution in [3.8, 4) is 0 Å². The van der Waals surface area contributed by atoms with Gasteiger partial charge in [0, 0.05) is 23.2 Å². The molecule has 0 spiro atoms. The third-order valence-electron chi connectivity index (χ3n) is 3.57. The largest absolute Gasteiger partial charge is 0.395 e. The summed E-state index contributed by atoms with van der Waals surface area (Å²) in [7, 11) is 0. The molecule has 104 valence electrons. The predicted octanol–water partition coefficient (Wildman–Crippen LogP) is 2.40. The van der Waals surface area contributed by atoms with Crippen LogP contribution in [-0.2, 0) is 11.2 Å². The maximum Gasteiger partial charge on any atom is 0.227 e. The van der Waals surface area contributed by atoms with E-state index >= 15 is 0 Å². The third-order valence-corrected chi connectivity index (χ3v) is 3.92. The molecule has 0 atom stereocenters. The second-order valence-corrected chi connectivity index (χ2v) is 5.18. The van der Waals surface area contributed by atoms with Crippen LogP contribution >= 0.6 is 11.6 Å². The third kappa shape index (κ3) is 3.25. The van der Waals surface area contributed by atoms with Gasteiger partial charge in [-0.25, -0.2) is 4.39 Å². The van der Waals surface area contributed by atoms with E-state index in [2.05, 4.69) is 0 Å². The molecular formula is C14H17ClFNO2. The Balaban J connectivity index is 2.09. The summed E-state index contributed by atoms with van der Waals surface area (Å²) in [6, 6.07) is 4.58. The fraction of sp³-hybridized carbons (Fsp3) is 0.500. The van der Waals surface area contributed by atoms with Crippen LogP contribution in [0, 0.1) is 5.82 Å². The Hall–Kier alpha value is -1.13. The Morgan fingerprint density at radius 2 is 2.21 bits per heavy atom. The minimum absolute atomic E-state index is 0.0536. The van der Waals surface area contributed by atoms with E-state index in [1.807, 2.05) is 0 Å². The SMILES string of the molecule is O=C(Cc1c(F)cccc1Cl)N(CCO)C1CCC1. The van der Waals surface area contributed by atoms with Gasteiger partial charge in [-0.05, 0) is 31.4 Å². The summed E-state index contributed by atoms with van der Waals surface area (Å²) < 4.78 is 13.7. The van der Waals surface area contributed by atoms with Gasteiger partial charge in [-0.3, -0.25) is 4.79 Å². The molecule has 1 fully saturated rings. The lowest BCUT2D eigenvalue weighted by atomic mass is 9.91. The lowest BCUT2D eigenvalue weighted by Gasteiger charge is -2.37. The van der Waals surface area contributed by atoms with Crippen LogP contribution in [0.25, 0.3) is 0 Å². The quantitative estimate of drug-likeness (QED) is 0.902. The van der Waals surface area contributed by atoms with Crippen LogP contribution < -0.4 is 0 Å². The summed E-state index contributed by atoms with van der Waals surface area (Å²) >= 11 is 5.92. The molecule has 1 aromatic rings. The van der Waals surface area contributed by atoms with Crippen molar-refractivity contribution in [3.63, 3.8) is 0 Å². The Kier molecular flexibility index (Phi) is 4.77. The average molecular weight is 286 g/mol. The van der Waals surface area contributed by atoms with Crippen LogP contribution in [0.1, 0.15) is 24.8 Å². The molecule has 5 heteroatoms. The van der Waals surface area contributed by atoms with Crippen LogP contribution in [0.5, 0.6) is 0 Å². The van der Waals surface area contributed by atoms with Crippen LogP contribution in [0.3, 0.4) is 0 Å². The second-order valence-electron chi connectivity index (χ2n) is 4.77. The highest BCUT2D eigenvalue weighted by Crippen LogP contribution is 2.26. The Morgan fingerprint density at radius 1 is 1.47 bits per heavy atom. The first-order valence-electron chi connectivity index (χ1n) is 6.46. The van der Waals surface area contributed by atoms with Gasteiger partial charge in [0.15, 0.2) is 0 Å². The topological polar surface area (TPSA) is 40.5 Å². The number of aliphatic hydroxyl groups excluding tert-OH is 1. The number of benzene rings is 1. The molecule has 2 rings (SSSR count). The van der Waals surface area contributed by atoms with Gasteiger partial charge in [0.05, 0.1) is 13.0 Å². The molecule has 0 aromatic heterocycles. The van der Waals surface area contributed by atoms with E-state index in [0.29, 0.717) is 6.54 Å². The van der Waals surface area contributed by atoms with Crippen molar-refractivity contribution < 1.29 is 14.3 Å². The minimum Gasteiger partial charge on any atom is -0.395 e. The molecule has 0 bridgehead atoms. The Morgan fingerprint density at radius 3 is 2.74 bits per heavy atom. The molecule has 19 heavy (non-hydrogen) atoms. The zero-order chi connectivity index (χ0) is 13.8. The standard InChI is InChI=1S/C14H17ClFNO2/c15-12-5-2-6-13(16)11(12)9-14(19)17(7-8-18)10-3-1-4-10/h2,5-6,10,18H,1,3-4,7-9H2. The van der Waals surface area contributed by atoms with Gasteiger partial charge in [0.25, 0.3) is 0 Å². The van der Waals surface area contributed by atoms with E-state index in [-0.39, 0.29) is 35.6 Å². The minimum atomic E-state index is -0.460. The maximum absolute atomic E-state index is 13.7. The number of hydrogen-bond donors (Lipinski definition) is 1. The lowest BCUT2D eigenvalue weighted by Crippen LogP contribution is -2.46. The maximum atomic E-state index is 13.7. The molecule has 1 N–H and O–H groups in total. The summed E-state index contributed by atoms with van der Waals surface area (Å²) in [5, 5.41) is 9.30. The van der Waals surface area contributed by atoms with E-state index < -0.39 is 5.82 Å². The number of halogens is 2. The first-order chi connectivity index (χ1) is 9.13. The zero-order valence-electron chi connectivity index (χ0n) is 10.6. The van der Waals surface area contributed by atoms with E-state index in [0.717, 1.165) is 19.3 Å². The summed E-state index contributed by atoms with van der Waals surface area (Å²) in [6.07, 6.45) is 2.95. The predicted molar refractivity (Wildman–Crippen MR) is 71.6 cm³/mol. The van der Waals surface area contributed by atoms with Gasteiger partial charge in [0.1, 0.15) is 5.82 Å². The molecule has 0 unspecified atom stereocenters. The van der Waals surface area contributed by atoms with Crippen molar-refractivity contribution in [2.45, 2.75) is 31.7 Å². The smallest absolute Gasteiger partial charge is 0.227 e. The monoisotopic (exact) mass is 285 g/mol. The van der Waals surface area contributed by atoms with E-state index in [4.69, 9.17) is 16.7 Å². The first-order valence-corrected chi connectivity index (χ1v) is 6.84. The number of rotatable bonds is 5. The number of hydrogen-bond acceptors (Lipinski definition) is 2. The van der Waals surface area contributed by atoms with Crippen molar-refractivity contribution in [2.75, 3.05) is 13.2 Å². The van der Waals surface area contributed by atoms with E-state index in [1.165, 1.54) is 12.1 Å².